The summed E-state index contributed by atoms with van der Waals surface area (Å²) in [4.78, 5) is 47.7. The molecule has 1 N–H and O–H groups in total. The lowest BCUT2D eigenvalue weighted by Crippen LogP contribution is -2.46. The molecule has 5 atom stereocenters. The summed E-state index contributed by atoms with van der Waals surface area (Å²) in [6.07, 6.45) is 5.63. The number of fused-ring (bicyclic) bond motifs is 5. The minimum absolute atomic E-state index is 0.0469. The number of amides is 2. The van der Waals surface area contributed by atoms with Crippen LogP contribution < -0.4 is 10.1 Å². The minimum Gasteiger partial charge on any atom is -0.425 e. The van der Waals surface area contributed by atoms with Crippen molar-refractivity contribution >= 4 is 29.4 Å². The van der Waals surface area contributed by atoms with E-state index in [1.54, 1.807) is 6.07 Å². The SMILES string of the molecule is C[C@H](NC(=O)N(CCCl)N=O)C(=O)Oc1ccc2c(c1)CCC1C2CC[C@]2(C)C(=O)CCC12. The highest BCUT2D eigenvalue weighted by Gasteiger charge is 2.54. The maximum absolute atomic E-state index is 12.5. The van der Waals surface area contributed by atoms with Gasteiger partial charge >= 0.3 is 12.0 Å². The maximum Gasteiger partial charge on any atom is 0.341 e. The van der Waals surface area contributed by atoms with Crippen molar-refractivity contribution < 1.29 is 19.1 Å². The monoisotopic (exact) mass is 475 g/mol. The molecule has 4 rings (SSSR count). The van der Waals surface area contributed by atoms with Crippen molar-refractivity contribution in [2.75, 3.05) is 12.4 Å². The number of aryl methyl sites for hydroxylation is 1. The number of nitrogens with one attached hydrogen (secondary N) is 1. The number of carbonyl (C=O) groups excluding carboxylic acids is 3. The number of ketones is 1. The summed E-state index contributed by atoms with van der Waals surface area (Å²) in [5, 5.41) is 5.62. The van der Waals surface area contributed by atoms with E-state index >= 15 is 0 Å². The normalized spacial score (nSPS) is 28.7. The van der Waals surface area contributed by atoms with Gasteiger partial charge < -0.3 is 10.1 Å². The number of nitroso groups, excluding NO2 is 1. The molecule has 0 spiro atoms. The van der Waals surface area contributed by atoms with Gasteiger partial charge in [0.05, 0.1) is 11.8 Å². The van der Waals surface area contributed by atoms with Crippen LogP contribution in [-0.4, -0.2) is 41.3 Å². The first-order valence-corrected chi connectivity index (χ1v) is 12.2. The van der Waals surface area contributed by atoms with Gasteiger partial charge in [-0.05, 0) is 80.0 Å². The van der Waals surface area contributed by atoms with Gasteiger partial charge in [-0.1, -0.05) is 13.0 Å². The Kier molecular flexibility index (Phi) is 6.75. The third kappa shape index (κ3) is 4.37. The van der Waals surface area contributed by atoms with Gasteiger partial charge in [0.15, 0.2) is 0 Å². The standard InChI is InChI=1S/C24H30ClN3O5/c1-14(26-23(31)28(27-32)12-11-25)22(30)33-16-4-6-17-15(13-16)3-5-19-18(17)9-10-24(2)20(19)7-8-21(24)29/h4,6,13-14,18-20H,3,5,7-12H2,1-2H3,(H,26,31)/t14-,18?,19?,20?,24-/m0/s1. The first-order valence-electron chi connectivity index (χ1n) is 11.6. The lowest BCUT2D eigenvalue weighted by molar-refractivity contribution is -0.136. The van der Waals surface area contributed by atoms with Crippen molar-refractivity contribution in [3.63, 3.8) is 0 Å². The summed E-state index contributed by atoms with van der Waals surface area (Å²) in [6, 6.07) is 4.00. The van der Waals surface area contributed by atoms with Crippen LogP contribution in [0.3, 0.4) is 0 Å². The molecule has 0 saturated heterocycles. The number of Topliss-reactive ketones (excluding diaryl/α,β-unsaturated/α-hetero) is 1. The third-order valence-corrected chi connectivity index (χ3v) is 8.12. The molecule has 1 aromatic carbocycles. The van der Waals surface area contributed by atoms with Gasteiger partial charge in [-0.15, -0.1) is 16.5 Å². The zero-order valence-corrected chi connectivity index (χ0v) is 19.8. The Morgan fingerprint density at radius 1 is 1.30 bits per heavy atom. The lowest BCUT2D eigenvalue weighted by atomic mass is 9.55. The molecular formula is C24H30ClN3O5. The van der Waals surface area contributed by atoms with Crippen LogP contribution >= 0.6 is 11.6 Å². The van der Waals surface area contributed by atoms with E-state index in [9.17, 15) is 19.3 Å². The second-order valence-electron chi connectivity index (χ2n) is 9.68. The Balaban J connectivity index is 1.41. The number of halogens is 1. The van der Waals surface area contributed by atoms with Gasteiger partial charge in [-0.2, -0.15) is 5.01 Å². The number of esters is 1. The number of nitrogens with zero attached hydrogens (tertiary/aromatic N) is 2. The van der Waals surface area contributed by atoms with Crippen LogP contribution in [0.4, 0.5) is 4.79 Å². The van der Waals surface area contributed by atoms with Crippen LogP contribution in [0.5, 0.6) is 5.75 Å². The molecule has 0 bridgehead atoms. The zero-order valence-electron chi connectivity index (χ0n) is 19.0. The second-order valence-corrected chi connectivity index (χ2v) is 10.1. The van der Waals surface area contributed by atoms with Gasteiger partial charge in [0, 0.05) is 17.7 Å². The van der Waals surface area contributed by atoms with Crippen molar-refractivity contribution in [2.45, 2.75) is 64.3 Å². The van der Waals surface area contributed by atoms with E-state index in [-0.39, 0.29) is 17.8 Å². The van der Waals surface area contributed by atoms with Crippen molar-refractivity contribution in [3.8, 4) is 5.75 Å². The Morgan fingerprint density at radius 3 is 2.82 bits per heavy atom. The molecule has 3 aliphatic carbocycles. The average molecular weight is 476 g/mol. The quantitative estimate of drug-likeness (QED) is 0.216. The summed E-state index contributed by atoms with van der Waals surface area (Å²) in [5.74, 6) is 1.74. The van der Waals surface area contributed by atoms with E-state index in [4.69, 9.17) is 16.3 Å². The predicted octanol–water partition coefficient (Wildman–Crippen LogP) is 4.34. The maximum atomic E-state index is 12.5. The highest BCUT2D eigenvalue weighted by molar-refractivity contribution is 6.18. The molecule has 2 amide bonds. The lowest BCUT2D eigenvalue weighted by Gasteiger charge is -2.48. The molecule has 9 heteroatoms. The van der Waals surface area contributed by atoms with Crippen molar-refractivity contribution in [1.82, 2.24) is 10.3 Å². The molecule has 3 unspecified atom stereocenters. The molecule has 0 aromatic heterocycles. The summed E-state index contributed by atoms with van der Waals surface area (Å²) < 4.78 is 5.50. The van der Waals surface area contributed by atoms with Crippen molar-refractivity contribution in [2.24, 2.45) is 22.5 Å². The minimum atomic E-state index is -0.964. The molecule has 0 aliphatic heterocycles. The van der Waals surface area contributed by atoms with E-state index in [0.717, 1.165) is 32.1 Å². The molecule has 0 radical (unpaired) electrons. The summed E-state index contributed by atoms with van der Waals surface area (Å²) in [5.41, 5.74) is 2.35. The molecule has 33 heavy (non-hydrogen) atoms. The van der Waals surface area contributed by atoms with Crippen LogP contribution in [0.2, 0.25) is 0 Å². The fourth-order valence-electron chi connectivity index (χ4n) is 6.18. The van der Waals surface area contributed by atoms with Gasteiger partial charge in [-0.3, -0.25) is 4.79 Å². The van der Waals surface area contributed by atoms with E-state index in [2.05, 4.69) is 23.6 Å². The number of benzene rings is 1. The smallest absolute Gasteiger partial charge is 0.341 e. The van der Waals surface area contributed by atoms with Gasteiger partial charge in [0.25, 0.3) is 0 Å². The van der Waals surface area contributed by atoms with Crippen LogP contribution in [-0.2, 0) is 16.0 Å². The van der Waals surface area contributed by atoms with Gasteiger partial charge in [0.2, 0.25) is 0 Å². The number of hydrogen-bond acceptors (Lipinski definition) is 6. The number of carbonyl (C=O) groups is 3. The van der Waals surface area contributed by atoms with Gasteiger partial charge in [0.1, 0.15) is 17.6 Å². The van der Waals surface area contributed by atoms with E-state index in [1.165, 1.54) is 18.1 Å². The first-order chi connectivity index (χ1) is 15.8. The molecule has 8 nitrogen and oxygen atoms in total. The first kappa shape index (κ1) is 23.7. The van der Waals surface area contributed by atoms with Crippen LogP contribution in [0, 0.1) is 22.2 Å². The largest absolute Gasteiger partial charge is 0.425 e. The van der Waals surface area contributed by atoms with Crippen LogP contribution in [0.1, 0.15) is 63.0 Å². The zero-order chi connectivity index (χ0) is 23.8. The molecule has 0 heterocycles. The van der Waals surface area contributed by atoms with Crippen LogP contribution in [0.15, 0.2) is 23.5 Å². The number of ether oxygens (including phenoxy) is 1. The molecule has 2 saturated carbocycles. The fourth-order valence-corrected chi connectivity index (χ4v) is 6.34. The second kappa shape index (κ2) is 9.41. The fraction of sp³-hybridized carbons (Fsp3) is 0.625. The third-order valence-electron chi connectivity index (χ3n) is 7.95. The average Bonchev–Trinajstić information content (AvgIpc) is 3.11. The highest BCUT2D eigenvalue weighted by atomic mass is 35.5. The highest BCUT2D eigenvalue weighted by Crippen LogP contribution is 2.59. The molecule has 2 fully saturated rings. The number of alkyl halides is 1. The summed E-state index contributed by atoms with van der Waals surface area (Å²) in [7, 11) is 0. The Labute approximate surface area is 198 Å². The Bertz CT molecular complexity index is 969. The molecular weight excluding hydrogens is 446 g/mol. The Morgan fingerprint density at radius 2 is 2.09 bits per heavy atom. The van der Waals surface area contributed by atoms with E-state index in [0.29, 0.717) is 40.7 Å². The van der Waals surface area contributed by atoms with E-state index in [1.807, 2.05) is 6.07 Å². The number of rotatable bonds is 6. The van der Waals surface area contributed by atoms with Gasteiger partial charge in [-0.25, -0.2) is 9.59 Å². The summed E-state index contributed by atoms with van der Waals surface area (Å²) >= 11 is 5.54. The molecule has 178 valence electrons. The molecule has 3 aliphatic rings. The number of hydrogen-bond donors (Lipinski definition) is 1. The Hall–Kier alpha value is -2.48. The van der Waals surface area contributed by atoms with Crippen molar-refractivity contribution in [3.05, 3.63) is 34.2 Å². The predicted molar refractivity (Wildman–Crippen MR) is 123 cm³/mol. The molecule has 1 aromatic rings. The summed E-state index contributed by atoms with van der Waals surface area (Å²) in [6.45, 7) is 3.59. The number of urea groups is 1. The van der Waals surface area contributed by atoms with Crippen LogP contribution in [0.25, 0.3) is 0 Å². The van der Waals surface area contributed by atoms with Crippen molar-refractivity contribution in [1.29, 1.82) is 0 Å². The topological polar surface area (TPSA) is 105 Å². The van der Waals surface area contributed by atoms with E-state index < -0.39 is 18.0 Å².